The SMILES string of the molecule is COC(=O)NC(=O)CN(CCO)CCO. The molecule has 0 spiro atoms. The van der Waals surface area contributed by atoms with Crippen LogP contribution in [0.5, 0.6) is 0 Å². The minimum absolute atomic E-state index is 0.0732. The molecule has 0 aromatic carbocycles. The average molecular weight is 220 g/mol. The van der Waals surface area contributed by atoms with Gasteiger partial charge < -0.3 is 14.9 Å². The van der Waals surface area contributed by atoms with Gasteiger partial charge in [-0.1, -0.05) is 0 Å². The fraction of sp³-hybridized carbons (Fsp3) is 0.750. The van der Waals surface area contributed by atoms with E-state index in [-0.39, 0.29) is 32.8 Å². The maximum atomic E-state index is 11.2. The molecular weight excluding hydrogens is 204 g/mol. The van der Waals surface area contributed by atoms with Crippen molar-refractivity contribution in [3.8, 4) is 0 Å². The van der Waals surface area contributed by atoms with Crippen LogP contribution in [-0.4, -0.2) is 67.1 Å². The molecule has 0 rings (SSSR count). The van der Waals surface area contributed by atoms with E-state index >= 15 is 0 Å². The predicted octanol–water partition coefficient (Wildman–Crippen LogP) is -1.84. The molecule has 0 aliphatic carbocycles. The van der Waals surface area contributed by atoms with Crippen LogP contribution in [0.3, 0.4) is 0 Å². The average Bonchev–Trinajstić information content (AvgIpc) is 2.18. The summed E-state index contributed by atoms with van der Waals surface area (Å²) in [4.78, 5) is 23.3. The minimum Gasteiger partial charge on any atom is -0.453 e. The van der Waals surface area contributed by atoms with Gasteiger partial charge in [0.1, 0.15) is 0 Å². The fourth-order valence-corrected chi connectivity index (χ4v) is 0.960. The lowest BCUT2D eigenvalue weighted by molar-refractivity contribution is -0.121. The van der Waals surface area contributed by atoms with Gasteiger partial charge in [0, 0.05) is 13.1 Å². The van der Waals surface area contributed by atoms with Gasteiger partial charge in [0.05, 0.1) is 26.9 Å². The van der Waals surface area contributed by atoms with E-state index < -0.39 is 12.0 Å². The van der Waals surface area contributed by atoms with E-state index in [2.05, 4.69) is 4.74 Å². The van der Waals surface area contributed by atoms with Gasteiger partial charge in [-0.3, -0.25) is 15.0 Å². The summed E-state index contributed by atoms with van der Waals surface area (Å²) in [6, 6.07) is 0. The number of nitrogens with zero attached hydrogens (tertiary/aromatic N) is 1. The third kappa shape index (κ3) is 6.83. The summed E-state index contributed by atoms with van der Waals surface area (Å²) in [5.74, 6) is -0.538. The normalized spacial score (nSPS) is 10.1. The van der Waals surface area contributed by atoms with Crippen molar-refractivity contribution in [1.82, 2.24) is 10.2 Å². The number of aliphatic hydroxyl groups excluding tert-OH is 2. The molecule has 0 aliphatic heterocycles. The zero-order valence-corrected chi connectivity index (χ0v) is 8.60. The smallest absolute Gasteiger partial charge is 0.413 e. The number of amides is 2. The molecule has 0 heterocycles. The number of nitrogens with one attached hydrogen (secondary N) is 1. The third-order valence-corrected chi connectivity index (χ3v) is 1.63. The Morgan fingerprint density at radius 1 is 1.27 bits per heavy atom. The predicted molar refractivity (Wildman–Crippen MR) is 51.2 cm³/mol. The van der Waals surface area contributed by atoms with Crippen molar-refractivity contribution < 1.29 is 24.5 Å². The van der Waals surface area contributed by atoms with Crippen LogP contribution in [0, 0.1) is 0 Å². The van der Waals surface area contributed by atoms with Crippen LogP contribution in [0.2, 0.25) is 0 Å². The number of alkyl carbamates (subject to hydrolysis) is 1. The molecule has 0 unspecified atom stereocenters. The van der Waals surface area contributed by atoms with Crippen molar-refractivity contribution in [3.63, 3.8) is 0 Å². The fourth-order valence-electron chi connectivity index (χ4n) is 0.960. The van der Waals surface area contributed by atoms with E-state index in [9.17, 15) is 9.59 Å². The standard InChI is InChI=1S/C8H16N2O5/c1-15-8(14)9-7(13)6-10(2-4-11)3-5-12/h11-12H,2-6H2,1H3,(H,9,13,14). The molecule has 0 saturated carbocycles. The zero-order valence-electron chi connectivity index (χ0n) is 8.60. The quantitative estimate of drug-likeness (QED) is 0.486. The molecular formula is C8H16N2O5. The van der Waals surface area contributed by atoms with Gasteiger partial charge >= 0.3 is 6.09 Å². The number of ether oxygens (including phenoxy) is 1. The third-order valence-electron chi connectivity index (χ3n) is 1.63. The van der Waals surface area contributed by atoms with E-state index in [1.54, 1.807) is 0 Å². The van der Waals surface area contributed by atoms with Crippen molar-refractivity contribution in [2.24, 2.45) is 0 Å². The Hall–Kier alpha value is -1.18. The lowest BCUT2D eigenvalue weighted by Gasteiger charge is -2.18. The molecule has 0 bridgehead atoms. The Labute approximate surface area is 87.6 Å². The molecule has 88 valence electrons. The van der Waals surface area contributed by atoms with Gasteiger partial charge in [-0.2, -0.15) is 0 Å². The molecule has 2 amide bonds. The van der Waals surface area contributed by atoms with Crippen LogP contribution in [0.4, 0.5) is 4.79 Å². The Morgan fingerprint density at radius 3 is 2.20 bits per heavy atom. The molecule has 0 fully saturated rings. The first-order valence-electron chi connectivity index (χ1n) is 4.46. The number of carbonyl (C=O) groups excluding carboxylic acids is 2. The summed E-state index contributed by atoms with van der Waals surface area (Å²) in [7, 11) is 1.15. The molecule has 0 radical (unpaired) electrons. The van der Waals surface area contributed by atoms with Crippen LogP contribution >= 0.6 is 0 Å². The van der Waals surface area contributed by atoms with Crippen LogP contribution in [0.25, 0.3) is 0 Å². The highest BCUT2D eigenvalue weighted by molar-refractivity contribution is 5.92. The minimum atomic E-state index is -0.826. The number of hydrogen-bond acceptors (Lipinski definition) is 6. The summed E-state index contributed by atoms with van der Waals surface area (Å²) >= 11 is 0. The van der Waals surface area contributed by atoms with Crippen molar-refractivity contribution in [2.45, 2.75) is 0 Å². The van der Waals surface area contributed by atoms with Crippen LogP contribution in [-0.2, 0) is 9.53 Å². The molecule has 7 nitrogen and oxygen atoms in total. The molecule has 3 N–H and O–H groups in total. The first-order chi connectivity index (χ1) is 7.13. The molecule has 0 aliphatic rings. The van der Waals surface area contributed by atoms with Crippen molar-refractivity contribution in [1.29, 1.82) is 0 Å². The van der Waals surface area contributed by atoms with Gasteiger partial charge in [-0.25, -0.2) is 4.79 Å². The highest BCUT2D eigenvalue weighted by Crippen LogP contribution is 1.87. The molecule has 15 heavy (non-hydrogen) atoms. The lowest BCUT2D eigenvalue weighted by atomic mass is 10.4. The molecule has 0 aromatic rings. The summed E-state index contributed by atoms with van der Waals surface area (Å²) in [6.07, 6.45) is -0.826. The lowest BCUT2D eigenvalue weighted by Crippen LogP contribution is -2.42. The van der Waals surface area contributed by atoms with E-state index in [0.29, 0.717) is 0 Å². The number of methoxy groups -OCH3 is 1. The van der Waals surface area contributed by atoms with E-state index in [1.807, 2.05) is 5.32 Å². The van der Waals surface area contributed by atoms with Crippen molar-refractivity contribution in [2.75, 3.05) is 40.0 Å². The van der Waals surface area contributed by atoms with Crippen molar-refractivity contribution in [3.05, 3.63) is 0 Å². The summed E-state index contributed by atoms with van der Waals surface area (Å²) in [6.45, 7) is 0.206. The topological polar surface area (TPSA) is 99.1 Å². The highest BCUT2D eigenvalue weighted by atomic mass is 16.5. The maximum Gasteiger partial charge on any atom is 0.413 e. The monoisotopic (exact) mass is 220 g/mol. The van der Waals surface area contributed by atoms with Crippen LogP contribution in [0.1, 0.15) is 0 Å². The second kappa shape index (κ2) is 8.16. The number of aliphatic hydroxyl groups is 2. The number of carbonyl (C=O) groups is 2. The van der Waals surface area contributed by atoms with Crippen LogP contribution in [0.15, 0.2) is 0 Å². The van der Waals surface area contributed by atoms with Gasteiger partial charge in [0.25, 0.3) is 0 Å². The Morgan fingerprint density at radius 2 is 1.80 bits per heavy atom. The van der Waals surface area contributed by atoms with Crippen LogP contribution < -0.4 is 5.32 Å². The first-order valence-corrected chi connectivity index (χ1v) is 4.46. The Balaban J connectivity index is 3.93. The highest BCUT2D eigenvalue weighted by Gasteiger charge is 2.12. The van der Waals surface area contributed by atoms with E-state index in [4.69, 9.17) is 10.2 Å². The van der Waals surface area contributed by atoms with Gasteiger partial charge in [0.2, 0.25) is 5.91 Å². The van der Waals surface area contributed by atoms with E-state index in [0.717, 1.165) is 7.11 Å². The zero-order chi connectivity index (χ0) is 11.7. The Bertz CT molecular complexity index is 203. The summed E-state index contributed by atoms with van der Waals surface area (Å²) < 4.78 is 4.23. The number of hydrogen-bond donors (Lipinski definition) is 3. The summed E-state index contributed by atoms with van der Waals surface area (Å²) in [5, 5.41) is 19.3. The van der Waals surface area contributed by atoms with Gasteiger partial charge in [0.15, 0.2) is 0 Å². The van der Waals surface area contributed by atoms with Crippen molar-refractivity contribution >= 4 is 12.0 Å². The first kappa shape index (κ1) is 13.8. The number of rotatable bonds is 6. The van der Waals surface area contributed by atoms with E-state index in [1.165, 1.54) is 4.90 Å². The summed E-state index contributed by atoms with van der Waals surface area (Å²) in [5.41, 5.74) is 0. The largest absolute Gasteiger partial charge is 0.453 e. The number of imide groups is 1. The van der Waals surface area contributed by atoms with Gasteiger partial charge in [-0.05, 0) is 0 Å². The Kier molecular flexibility index (Phi) is 7.51. The molecule has 7 heteroatoms. The second-order valence-electron chi connectivity index (χ2n) is 2.76. The molecule has 0 atom stereocenters. The molecule has 0 saturated heterocycles. The molecule has 0 aromatic heterocycles. The maximum absolute atomic E-state index is 11.2. The second-order valence-corrected chi connectivity index (χ2v) is 2.76. The van der Waals surface area contributed by atoms with Gasteiger partial charge in [-0.15, -0.1) is 0 Å².